The normalized spacial score (nSPS) is 10.3. The molecule has 0 spiro atoms. The first kappa shape index (κ1) is 12.6. The standard InChI is InChI=1S/C12H17N3S/c1-2-3-9-13-12(16)15-14-10-11-7-5-4-6-8-11/h4-8,10H,2-3,9H2,1H3,(H2,13,15,16)/b14-10+. The van der Waals surface area contributed by atoms with Crippen molar-refractivity contribution in [3.8, 4) is 0 Å². The molecule has 1 aromatic rings. The van der Waals surface area contributed by atoms with Crippen LogP contribution in [-0.2, 0) is 0 Å². The van der Waals surface area contributed by atoms with Crippen LogP contribution in [-0.4, -0.2) is 17.9 Å². The molecule has 0 saturated heterocycles. The molecule has 0 heterocycles. The fourth-order valence-electron chi connectivity index (χ4n) is 1.12. The Labute approximate surface area is 102 Å². The molecule has 2 N–H and O–H groups in total. The summed E-state index contributed by atoms with van der Waals surface area (Å²) in [5.41, 5.74) is 3.83. The Morgan fingerprint density at radius 2 is 2.12 bits per heavy atom. The summed E-state index contributed by atoms with van der Waals surface area (Å²) in [7, 11) is 0. The number of hydrogen-bond donors (Lipinski definition) is 2. The first-order valence-corrected chi connectivity index (χ1v) is 5.85. The van der Waals surface area contributed by atoms with Gasteiger partial charge < -0.3 is 5.32 Å². The van der Waals surface area contributed by atoms with Gasteiger partial charge in [0, 0.05) is 6.54 Å². The Hall–Kier alpha value is -1.42. The van der Waals surface area contributed by atoms with E-state index in [0.717, 1.165) is 24.9 Å². The van der Waals surface area contributed by atoms with E-state index in [1.54, 1.807) is 6.21 Å². The van der Waals surface area contributed by atoms with Gasteiger partial charge in [0.1, 0.15) is 0 Å². The summed E-state index contributed by atoms with van der Waals surface area (Å²) >= 11 is 5.05. The van der Waals surface area contributed by atoms with Crippen LogP contribution in [0.4, 0.5) is 0 Å². The molecule has 0 aromatic heterocycles. The summed E-state index contributed by atoms with van der Waals surface area (Å²) < 4.78 is 0. The van der Waals surface area contributed by atoms with Gasteiger partial charge in [0.05, 0.1) is 6.21 Å². The molecule has 0 aliphatic rings. The zero-order valence-electron chi connectivity index (χ0n) is 9.44. The summed E-state index contributed by atoms with van der Waals surface area (Å²) in [5, 5.41) is 7.69. The number of unbranched alkanes of at least 4 members (excludes halogenated alkanes) is 1. The second kappa shape index (κ2) is 7.82. The highest BCUT2D eigenvalue weighted by molar-refractivity contribution is 7.80. The third-order valence-corrected chi connectivity index (χ3v) is 2.23. The van der Waals surface area contributed by atoms with Gasteiger partial charge in [0.2, 0.25) is 0 Å². The Bertz CT molecular complexity index is 335. The molecule has 0 aliphatic carbocycles. The molecule has 0 bridgehead atoms. The van der Waals surface area contributed by atoms with Crippen LogP contribution in [0.3, 0.4) is 0 Å². The van der Waals surface area contributed by atoms with Gasteiger partial charge in [0.25, 0.3) is 0 Å². The molecule has 16 heavy (non-hydrogen) atoms. The maximum absolute atomic E-state index is 5.05. The number of hydrazone groups is 1. The van der Waals surface area contributed by atoms with E-state index >= 15 is 0 Å². The van der Waals surface area contributed by atoms with Crippen molar-refractivity contribution in [1.29, 1.82) is 0 Å². The van der Waals surface area contributed by atoms with E-state index in [1.165, 1.54) is 0 Å². The Kier molecular flexibility index (Phi) is 6.18. The van der Waals surface area contributed by atoms with Crippen LogP contribution in [0.15, 0.2) is 35.4 Å². The van der Waals surface area contributed by atoms with E-state index in [0.29, 0.717) is 5.11 Å². The molecular formula is C12H17N3S. The van der Waals surface area contributed by atoms with Crippen LogP contribution in [0, 0.1) is 0 Å². The highest BCUT2D eigenvalue weighted by Crippen LogP contribution is 1.93. The second-order valence-electron chi connectivity index (χ2n) is 3.39. The van der Waals surface area contributed by atoms with Crippen molar-refractivity contribution >= 4 is 23.5 Å². The highest BCUT2D eigenvalue weighted by Gasteiger charge is 1.90. The maximum atomic E-state index is 5.05. The minimum Gasteiger partial charge on any atom is -0.361 e. The van der Waals surface area contributed by atoms with Gasteiger partial charge in [0.15, 0.2) is 5.11 Å². The Morgan fingerprint density at radius 3 is 2.81 bits per heavy atom. The third kappa shape index (κ3) is 5.46. The molecule has 0 unspecified atom stereocenters. The van der Waals surface area contributed by atoms with Gasteiger partial charge in [-0.05, 0) is 24.2 Å². The molecule has 0 amide bonds. The van der Waals surface area contributed by atoms with Crippen molar-refractivity contribution in [2.24, 2.45) is 5.10 Å². The summed E-state index contributed by atoms with van der Waals surface area (Å²) in [6, 6.07) is 9.89. The SMILES string of the molecule is CCCCNC(=S)N/N=C/c1ccccc1. The monoisotopic (exact) mass is 235 g/mol. The lowest BCUT2D eigenvalue weighted by Crippen LogP contribution is -2.32. The smallest absolute Gasteiger partial charge is 0.186 e. The predicted octanol–water partition coefficient (Wildman–Crippen LogP) is 2.28. The van der Waals surface area contributed by atoms with Gasteiger partial charge in [-0.3, -0.25) is 5.43 Å². The number of hydrogen-bond acceptors (Lipinski definition) is 2. The minimum absolute atomic E-state index is 0.570. The number of rotatable bonds is 5. The van der Waals surface area contributed by atoms with Crippen LogP contribution in [0.2, 0.25) is 0 Å². The lowest BCUT2D eigenvalue weighted by atomic mass is 10.2. The number of benzene rings is 1. The average Bonchev–Trinajstić information content (AvgIpc) is 2.31. The lowest BCUT2D eigenvalue weighted by molar-refractivity contribution is 0.745. The van der Waals surface area contributed by atoms with E-state index in [-0.39, 0.29) is 0 Å². The largest absolute Gasteiger partial charge is 0.361 e. The maximum Gasteiger partial charge on any atom is 0.186 e. The van der Waals surface area contributed by atoms with Crippen molar-refractivity contribution < 1.29 is 0 Å². The molecule has 1 aromatic carbocycles. The van der Waals surface area contributed by atoms with E-state index in [2.05, 4.69) is 22.8 Å². The minimum atomic E-state index is 0.570. The van der Waals surface area contributed by atoms with Crippen molar-refractivity contribution in [3.63, 3.8) is 0 Å². The molecule has 0 radical (unpaired) electrons. The van der Waals surface area contributed by atoms with Crippen LogP contribution in [0.5, 0.6) is 0 Å². The fourth-order valence-corrected chi connectivity index (χ4v) is 1.28. The zero-order chi connectivity index (χ0) is 11.6. The summed E-state index contributed by atoms with van der Waals surface area (Å²) in [6.45, 7) is 3.04. The van der Waals surface area contributed by atoms with Crippen molar-refractivity contribution in [2.45, 2.75) is 19.8 Å². The number of thiocarbonyl (C=S) groups is 1. The quantitative estimate of drug-likeness (QED) is 0.356. The fraction of sp³-hybridized carbons (Fsp3) is 0.333. The first-order valence-electron chi connectivity index (χ1n) is 5.45. The molecular weight excluding hydrogens is 218 g/mol. The summed E-state index contributed by atoms with van der Waals surface area (Å²) in [6.07, 6.45) is 4.01. The molecule has 0 aliphatic heterocycles. The number of nitrogens with zero attached hydrogens (tertiary/aromatic N) is 1. The molecule has 0 atom stereocenters. The lowest BCUT2D eigenvalue weighted by Gasteiger charge is -2.05. The van der Waals surface area contributed by atoms with Gasteiger partial charge in [-0.1, -0.05) is 43.7 Å². The summed E-state index contributed by atoms with van der Waals surface area (Å²) in [4.78, 5) is 0. The molecule has 1 rings (SSSR count). The second-order valence-corrected chi connectivity index (χ2v) is 3.80. The average molecular weight is 235 g/mol. The topological polar surface area (TPSA) is 36.4 Å². The van der Waals surface area contributed by atoms with Crippen molar-refractivity contribution in [3.05, 3.63) is 35.9 Å². The molecule has 0 saturated carbocycles. The predicted molar refractivity (Wildman–Crippen MR) is 72.7 cm³/mol. The molecule has 3 nitrogen and oxygen atoms in total. The van der Waals surface area contributed by atoms with Gasteiger partial charge >= 0.3 is 0 Å². The van der Waals surface area contributed by atoms with Crippen molar-refractivity contribution in [1.82, 2.24) is 10.7 Å². The van der Waals surface area contributed by atoms with Crippen LogP contribution >= 0.6 is 12.2 Å². The molecule has 4 heteroatoms. The van der Waals surface area contributed by atoms with Crippen molar-refractivity contribution in [2.75, 3.05) is 6.54 Å². The van der Waals surface area contributed by atoms with Gasteiger partial charge in [-0.2, -0.15) is 5.10 Å². The number of nitrogens with one attached hydrogen (secondary N) is 2. The molecule has 86 valence electrons. The van der Waals surface area contributed by atoms with E-state index in [4.69, 9.17) is 12.2 Å². The van der Waals surface area contributed by atoms with Gasteiger partial charge in [-0.15, -0.1) is 0 Å². The van der Waals surface area contributed by atoms with Crippen LogP contribution in [0.1, 0.15) is 25.3 Å². The highest BCUT2D eigenvalue weighted by atomic mass is 32.1. The third-order valence-electron chi connectivity index (χ3n) is 2.00. The van der Waals surface area contributed by atoms with Gasteiger partial charge in [-0.25, -0.2) is 0 Å². The van der Waals surface area contributed by atoms with E-state index in [1.807, 2.05) is 30.3 Å². The van der Waals surface area contributed by atoms with Crippen LogP contribution in [0.25, 0.3) is 0 Å². The Balaban J connectivity index is 2.24. The van der Waals surface area contributed by atoms with E-state index < -0.39 is 0 Å². The van der Waals surface area contributed by atoms with Crippen LogP contribution < -0.4 is 10.7 Å². The Morgan fingerprint density at radius 1 is 1.38 bits per heavy atom. The van der Waals surface area contributed by atoms with E-state index in [9.17, 15) is 0 Å². The molecule has 0 fully saturated rings. The summed E-state index contributed by atoms with van der Waals surface area (Å²) in [5.74, 6) is 0. The zero-order valence-corrected chi connectivity index (χ0v) is 10.3. The first-order chi connectivity index (χ1) is 7.83.